The van der Waals surface area contributed by atoms with Crippen molar-refractivity contribution in [2.24, 2.45) is 0 Å². The fourth-order valence-corrected chi connectivity index (χ4v) is 12.5. The Morgan fingerprint density at radius 2 is 1.36 bits per heavy atom. The molecule has 0 aliphatic carbocycles. The minimum atomic E-state index is -2.01. The Balaban J connectivity index is 1.36. The summed E-state index contributed by atoms with van der Waals surface area (Å²) in [6.45, 7) is 5.05. The molecule has 2 aromatic heterocycles. The van der Waals surface area contributed by atoms with Crippen molar-refractivity contribution in [3.05, 3.63) is 127 Å². The quantitative estimate of drug-likeness (QED) is 0.161. The first-order chi connectivity index (χ1) is 23.1. The van der Waals surface area contributed by atoms with Gasteiger partial charge in [0, 0.05) is 49.7 Å². The van der Waals surface area contributed by atoms with Crippen molar-refractivity contribution >= 4 is 102 Å². The molecule has 9 aromatic rings. The Bertz CT molecular complexity index is 2910. The normalized spacial score (nSPS) is 15.1. The lowest BCUT2D eigenvalue weighted by Crippen LogP contribution is -2.68. The van der Waals surface area contributed by atoms with Gasteiger partial charge in [-0.2, -0.15) is 0 Å². The molecule has 0 fully saturated rings. The van der Waals surface area contributed by atoms with Crippen LogP contribution in [0.5, 0.6) is 0 Å². The number of hydrogen-bond donors (Lipinski definition) is 0. The van der Waals surface area contributed by atoms with Gasteiger partial charge in [-0.25, -0.2) is 0 Å². The van der Waals surface area contributed by atoms with E-state index < -0.39 is 8.07 Å². The number of para-hydroxylation sites is 4. The second-order valence-electron chi connectivity index (χ2n) is 14.1. The molecule has 0 amide bonds. The summed E-state index contributed by atoms with van der Waals surface area (Å²) in [6, 6.07) is 47.8. The third-order valence-corrected chi connectivity index (χ3v) is 15.0. The minimum Gasteiger partial charge on any atom is -0.455 e. The van der Waals surface area contributed by atoms with Crippen LogP contribution in [-0.4, -0.2) is 19.5 Å². The minimum absolute atomic E-state index is 0.00689. The monoisotopic (exact) mass is 614 g/mol. The van der Waals surface area contributed by atoms with Crippen LogP contribution < -0.4 is 26.1 Å². The molecular formula is C42H27BN2OSi. The maximum Gasteiger partial charge on any atom is 0.333 e. The molecule has 218 valence electrons. The van der Waals surface area contributed by atoms with E-state index in [1.807, 2.05) is 0 Å². The topological polar surface area (TPSA) is 21.3 Å². The third-order valence-electron chi connectivity index (χ3n) is 11.5. The maximum atomic E-state index is 6.90. The summed E-state index contributed by atoms with van der Waals surface area (Å²) >= 11 is 0. The van der Waals surface area contributed by atoms with Crippen LogP contribution in [0, 0.1) is 0 Å². The van der Waals surface area contributed by atoms with E-state index in [0.29, 0.717) is 0 Å². The van der Waals surface area contributed by atoms with Gasteiger partial charge < -0.3 is 13.8 Å². The molecule has 3 nitrogen and oxygen atoms in total. The fraction of sp³-hybridized carbons (Fsp3) is 0.0476. The molecule has 0 radical (unpaired) electrons. The fourth-order valence-electron chi connectivity index (χ4n) is 9.52. The van der Waals surface area contributed by atoms with Crippen molar-refractivity contribution in [1.82, 2.24) is 4.57 Å². The van der Waals surface area contributed by atoms with E-state index in [0.717, 1.165) is 11.2 Å². The molecule has 5 heterocycles. The first kappa shape index (κ1) is 24.7. The molecule has 47 heavy (non-hydrogen) atoms. The van der Waals surface area contributed by atoms with Gasteiger partial charge in [0.2, 0.25) is 0 Å². The molecule has 7 aromatic carbocycles. The summed E-state index contributed by atoms with van der Waals surface area (Å²) < 4.78 is 9.47. The molecule has 0 saturated heterocycles. The van der Waals surface area contributed by atoms with Crippen molar-refractivity contribution in [1.29, 1.82) is 0 Å². The van der Waals surface area contributed by atoms with Gasteiger partial charge in [0.05, 0.1) is 11.0 Å². The highest BCUT2D eigenvalue weighted by molar-refractivity contribution is 7.05. The van der Waals surface area contributed by atoms with E-state index in [1.54, 1.807) is 0 Å². The van der Waals surface area contributed by atoms with E-state index in [1.165, 1.54) is 92.8 Å². The first-order valence-electron chi connectivity index (χ1n) is 16.6. The van der Waals surface area contributed by atoms with Crippen LogP contribution in [0.25, 0.3) is 71.3 Å². The second-order valence-corrected chi connectivity index (χ2v) is 18.4. The van der Waals surface area contributed by atoms with Crippen molar-refractivity contribution in [3.63, 3.8) is 0 Å². The van der Waals surface area contributed by atoms with Crippen LogP contribution in [0.3, 0.4) is 0 Å². The number of hydrogen-bond acceptors (Lipinski definition) is 2. The summed E-state index contributed by atoms with van der Waals surface area (Å²) in [5.41, 5.74) is 13.7. The lowest BCUT2D eigenvalue weighted by atomic mass is 9.44. The number of aromatic nitrogens is 1. The Labute approximate surface area is 272 Å². The smallest absolute Gasteiger partial charge is 0.333 e. The lowest BCUT2D eigenvalue weighted by Gasteiger charge is -2.49. The number of nitrogens with zero attached hydrogens (tertiary/aromatic N) is 2. The van der Waals surface area contributed by atoms with Gasteiger partial charge in [0.15, 0.2) is 0 Å². The summed E-state index contributed by atoms with van der Waals surface area (Å²) in [5, 5.41) is 10.5. The molecular weight excluding hydrogens is 587 g/mol. The summed E-state index contributed by atoms with van der Waals surface area (Å²) in [4.78, 5) is 2.70. The Hall–Kier alpha value is -5.52. The van der Waals surface area contributed by atoms with Gasteiger partial charge in [-0.15, -0.1) is 0 Å². The van der Waals surface area contributed by atoms with E-state index >= 15 is 0 Å². The SMILES string of the molecule is C[Si]1(C)c2ccccc2N2B3c4c(cc5c(oc6ccccc65)c4-c4cccc1c42)-n1c2cc4ccccc4cc2c2cccc3c21. The summed E-state index contributed by atoms with van der Waals surface area (Å²) in [5.74, 6) is 0. The largest absolute Gasteiger partial charge is 0.455 e. The van der Waals surface area contributed by atoms with Crippen LogP contribution in [0.4, 0.5) is 11.4 Å². The zero-order valence-corrected chi connectivity index (χ0v) is 27.0. The first-order valence-corrected chi connectivity index (χ1v) is 19.6. The highest BCUT2D eigenvalue weighted by atomic mass is 28.3. The van der Waals surface area contributed by atoms with Crippen molar-refractivity contribution in [2.75, 3.05) is 4.81 Å². The summed E-state index contributed by atoms with van der Waals surface area (Å²) in [7, 11) is -2.01. The maximum absolute atomic E-state index is 6.90. The summed E-state index contributed by atoms with van der Waals surface area (Å²) in [6.07, 6.45) is 0. The van der Waals surface area contributed by atoms with Crippen LogP contribution in [0.1, 0.15) is 0 Å². The van der Waals surface area contributed by atoms with Crippen molar-refractivity contribution in [3.8, 4) is 16.8 Å². The Morgan fingerprint density at radius 3 is 2.28 bits per heavy atom. The third kappa shape index (κ3) is 2.76. The molecule has 0 unspecified atom stereocenters. The predicted molar refractivity (Wildman–Crippen MR) is 201 cm³/mol. The zero-order valence-electron chi connectivity index (χ0n) is 26.0. The highest BCUT2D eigenvalue weighted by Crippen LogP contribution is 2.49. The standard InChI is InChI=1S/C42H27BN2OSi/c1-47(2)36-19-8-6-17-32(36)45-41-28(15-10-20-37(41)47)38-39-34(23-30-26-13-5-7-18-35(26)46-42(30)38)44-33-22-25-12-4-3-11-24(25)21-29(33)27-14-9-16-31(40(27)44)43(39)45/h3-23H,1-2H3. The van der Waals surface area contributed by atoms with E-state index in [4.69, 9.17) is 4.42 Å². The van der Waals surface area contributed by atoms with E-state index in [9.17, 15) is 0 Å². The van der Waals surface area contributed by atoms with E-state index in [2.05, 4.69) is 150 Å². The number of fused-ring (bicyclic) bond motifs is 14. The van der Waals surface area contributed by atoms with Gasteiger partial charge in [0.25, 0.3) is 0 Å². The van der Waals surface area contributed by atoms with Gasteiger partial charge in [0.1, 0.15) is 19.2 Å². The predicted octanol–water partition coefficient (Wildman–Crippen LogP) is 8.21. The molecule has 0 atom stereocenters. The molecule has 3 aliphatic rings. The number of anilines is 2. The molecule has 3 aliphatic heterocycles. The Kier molecular flexibility index (Phi) is 4.23. The number of rotatable bonds is 0. The molecule has 0 N–H and O–H groups in total. The highest BCUT2D eigenvalue weighted by Gasteiger charge is 2.50. The zero-order chi connectivity index (χ0) is 30.8. The van der Waals surface area contributed by atoms with Gasteiger partial charge in [-0.05, 0) is 62.4 Å². The Morgan fingerprint density at radius 1 is 0.617 bits per heavy atom. The van der Waals surface area contributed by atoms with E-state index in [-0.39, 0.29) is 6.85 Å². The average molecular weight is 615 g/mol. The number of benzene rings is 7. The van der Waals surface area contributed by atoms with Crippen LogP contribution in [-0.2, 0) is 0 Å². The molecule has 0 bridgehead atoms. The molecule has 12 rings (SSSR count). The van der Waals surface area contributed by atoms with Gasteiger partial charge >= 0.3 is 6.85 Å². The van der Waals surface area contributed by atoms with Crippen LogP contribution >= 0.6 is 0 Å². The van der Waals surface area contributed by atoms with Gasteiger partial charge in [-0.3, -0.25) is 0 Å². The van der Waals surface area contributed by atoms with Crippen LogP contribution in [0.15, 0.2) is 132 Å². The molecule has 5 heteroatoms. The van der Waals surface area contributed by atoms with Crippen molar-refractivity contribution in [2.45, 2.75) is 13.1 Å². The molecule has 0 saturated carbocycles. The molecule has 0 spiro atoms. The van der Waals surface area contributed by atoms with Crippen LogP contribution in [0.2, 0.25) is 13.1 Å². The lowest BCUT2D eigenvalue weighted by molar-refractivity contribution is 0.670. The number of furan rings is 1. The second kappa shape index (κ2) is 8.06. The van der Waals surface area contributed by atoms with Gasteiger partial charge in [-0.1, -0.05) is 110 Å². The van der Waals surface area contributed by atoms with Crippen molar-refractivity contribution < 1.29 is 4.42 Å². The average Bonchev–Trinajstić information content (AvgIpc) is 3.64.